The van der Waals surface area contributed by atoms with Crippen molar-refractivity contribution in [3.63, 3.8) is 0 Å². The molecule has 1 rings (SSSR count). The molecule has 1 aliphatic heterocycles. The first-order valence-electron chi connectivity index (χ1n) is 6.23. The summed E-state index contributed by atoms with van der Waals surface area (Å²) in [5, 5.41) is 8.38. The molecule has 0 aromatic heterocycles. The van der Waals surface area contributed by atoms with Crippen LogP contribution in [-0.2, 0) is 0 Å². The van der Waals surface area contributed by atoms with E-state index >= 15 is 0 Å². The molecule has 0 spiro atoms. The van der Waals surface area contributed by atoms with E-state index in [2.05, 4.69) is 24.8 Å². The molecule has 0 atom stereocenters. The van der Waals surface area contributed by atoms with Crippen LogP contribution in [-0.4, -0.2) is 24.5 Å². The highest BCUT2D eigenvalue weighted by Crippen LogP contribution is 2.28. The van der Waals surface area contributed by atoms with Gasteiger partial charge in [-0.2, -0.15) is 5.26 Å². The largest absolute Gasteiger partial charge is 0.302 e. The van der Waals surface area contributed by atoms with Gasteiger partial charge in [0, 0.05) is 19.5 Å². The summed E-state index contributed by atoms with van der Waals surface area (Å²) in [6.07, 6.45) is 1.95. The fraction of sp³-hybridized carbons (Fsp3) is 0.923. The second kappa shape index (κ2) is 9.98. The predicted molar refractivity (Wildman–Crippen MR) is 67.8 cm³/mol. The van der Waals surface area contributed by atoms with Crippen molar-refractivity contribution in [2.75, 3.05) is 19.6 Å². The van der Waals surface area contributed by atoms with Gasteiger partial charge in [0.1, 0.15) is 0 Å². The van der Waals surface area contributed by atoms with Crippen molar-refractivity contribution in [1.82, 2.24) is 4.90 Å². The number of rotatable bonds is 2. The van der Waals surface area contributed by atoms with E-state index in [0.29, 0.717) is 11.8 Å². The van der Waals surface area contributed by atoms with E-state index in [9.17, 15) is 0 Å². The molecular formula is C13H28N2. The van der Waals surface area contributed by atoms with E-state index in [1.165, 1.54) is 13.0 Å². The quantitative estimate of drug-likeness (QED) is 0.698. The second-order valence-electron chi connectivity index (χ2n) is 4.10. The second-order valence-corrected chi connectivity index (χ2v) is 4.10. The van der Waals surface area contributed by atoms with Crippen LogP contribution in [0.5, 0.6) is 0 Å². The van der Waals surface area contributed by atoms with Gasteiger partial charge in [-0.25, -0.2) is 0 Å². The lowest BCUT2D eigenvalue weighted by Gasteiger charge is -2.18. The van der Waals surface area contributed by atoms with Crippen LogP contribution in [0.2, 0.25) is 0 Å². The molecule has 0 aromatic carbocycles. The lowest BCUT2D eigenvalue weighted by Crippen LogP contribution is -2.24. The minimum absolute atomic E-state index is 0.482. The first-order valence-corrected chi connectivity index (χ1v) is 6.23. The highest BCUT2D eigenvalue weighted by Gasteiger charge is 2.28. The Morgan fingerprint density at radius 2 is 1.73 bits per heavy atom. The zero-order valence-electron chi connectivity index (χ0n) is 11.4. The first kappa shape index (κ1) is 16.9. The van der Waals surface area contributed by atoms with Crippen molar-refractivity contribution < 1.29 is 0 Å². The smallest absolute Gasteiger partial charge is 0.0635 e. The van der Waals surface area contributed by atoms with Crippen LogP contribution >= 0.6 is 0 Å². The van der Waals surface area contributed by atoms with Gasteiger partial charge in [-0.15, -0.1) is 0 Å². The minimum atomic E-state index is 0.482. The van der Waals surface area contributed by atoms with E-state index in [1.54, 1.807) is 0 Å². The van der Waals surface area contributed by atoms with Crippen LogP contribution in [0.25, 0.3) is 0 Å². The van der Waals surface area contributed by atoms with E-state index in [4.69, 9.17) is 5.26 Å². The van der Waals surface area contributed by atoms with Crippen molar-refractivity contribution in [2.24, 2.45) is 5.41 Å². The van der Waals surface area contributed by atoms with Crippen LogP contribution in [0.1, 0.15) is 54.4 Å². The van der Waals surface area contributed by atoms with Gasteiger partial charge in [0.2, 0.25) is 0 Å². The molecule has 1 saturated heterocycles. The fourth-order valence-electron chi connectivity index (χ4n) is 1.62. The minimum Gasteiger partial charge on any atom is -0.302 e. The zero-order chi connectivity index (χ0) is 12.3. The molecule has 0 bridgehead atoms. The molecule has 0 amide bonds. The van der Waals surface area contributed by atoms with Crippen molar-refractivity contribution in [2.45, 2.75) is 54.4 Å². The topological polar surface area (TPSA) is 27.0 Å². The molecule has 0 unspecified atom stereocenters. The Morgan fingerprint density at radius 1 is 1.20 bits per heavy atom. The van der Waals surface area contributed by atoms with Crippen LogP contribution in [0.15, 0.2) is 0 Å². The Kier molecular flexibility index (Phi) is 11.2. The van der Waals surface area contributed by atoms with Crippen LogP contribution in [0.4, 0.5) is 0 Å². The SMILES string of the molecule is CC.CC.CC1(C)CCN(CCC#N)C1. The standard InChI is InChI=1S/C9H16N2.2C2H6/c1-9(2)4-7-11(8-9)6-3-5-10;2*1-2/h3-4,6-8H2,1-2H3;2*1-2H3. The molecular weight excluding hydrogens is 184 g/mol. The summed E-state index contributed by atoms with van der Waals surface area (Å²) in [4.78, 5) is 2.38. The molecule has 2 nitrogen and oxygen atoms in total. The number of nitriles is 1. The molecule has 0 radical (unpaired) electrons. The summed E-state index contributed by atoms with van der Waals surface area (Å²) in [7, 11) is 0. The molecule has 0 aromatic rings. The third kappa shape index (κ3) is 8.44. The maximum atomic E-state index is 8.38. The highest BCUT2D eigenvalue weighted by molar-refractivity contribution is 4.84. The van der Waals surface area contributed by atoms with Gasteiger partial charge in [0.15, 0.2) is 0 Å². The molecule has 0 aliphatic carbocycles. The Balaban J connectivity index is 0. The summed E-state index contributed by atoms with van der Waals surface area (Å²) >= 11 is 0. The van der Waals surface area contributed by atoms with Gasteiger partial charge in [-0.3, -0.25) is 0 Å². The zero-order valence-corrected chi connectivity index (χ0v) is 11.4. The summed E-state index contributed by atoms with van der Waals surface area (Å²) in [5.74, 6) is 0. The highest BCUT2D eigenvalue weighted by atomic mass is 15.1. The molecule has 2 heteroatoms. The van der Waals surface area contributed by atoms with Gasteiger partial charge < -0.3 is 4.90 Å². The van der Waals surface area contributed by atoms with E-state index in [0.717, 1.165) is 13.1 Å². The molecule has 0 N–H and O–H groups in total. The normalized spacial score (nSPS) is 17.9. The van der Waals surface area contributed by atoms with Crippen molar-refractivity contribution in [3.05, 3.63) is 0 Å². The Bertz CT molecular complexity index is 168. The summed E-state index contributed by atoms with van der Waals surface area (Å²) < 4.78 is 0. The van der Waals surface area contributed by atoms with E-state index in [1.807, 2.05) is 27.7 Å². The Hall–Kier alpha value is -0.550. The Labute approximate surface area is 96.3 Å². The molecule has 1 aliphatic rings. The average molecular weight is 212 g/mol. The predicted octanol–water partition coefficient (Wildman–Crippen LogP) is 3.68. The first-order chi connectivity index (χ1) is 7.14. The number of hydrogen-bond donors (Lipinski definition) is 0. The molecule has 1 fully saturated rings. The lowest BCUT2D eigenvalue weighted by molar-refractivity contribution is 0.296. The van der Waals surface area contributed by atoms with Gasteiger partial charge in [0.25, 0.3) is 0 Å². The number of nitrogens with zero attached hydrogens (tertiary/aromatic N) is 2. The molecule has 1 heterocycles. The molecule has 0 saturated carbocycles. The molecule has 90 valence electrons. The van der Waals surface area contributed by atoms with Crippen LogP contribution < -0.4 is 0 Å². The average Bonchev–Trinajstić information content (AvgIpc) is 2.61. The van der Waals surface area contributed by atoms with Gasteiger partial charge in [-0.1, -0.05) is 41.5 Å². The monoisotopic (exact) mass is 212 g/mol. The fourth-order valence-corrected chi connectivity index (χ4v) is 1.62. The van der Waals surface area contributed by atoms with Crippen molar-refractivity contribution in [1.29, 1.82) is 5.26 Å². The third-order valence-corrected chi connectivity index (χ3v) is 2.30. The third-order valence-electron chi connectivity index (χ3n) is 2.30. The molecule has 15 heavy (non-hydrogen) atoms. The van der Waals surface area contributed by atoms with Gasteiger partial charge >= 0.3 is 0 Å². The summed E-state index contributed by atoms with van der Waals surface area (Å²) in [6, 6.07) is 2.18. The Morgan fingerprint density at radius 3 is 2.07 bits per heavy atom. The van der Waals surface area contributed by atoms with E-state index < -0.39 is 0 Å². The van der Waals surface area contributed by atoms with Crippen LogP contribution in [0.3, 0.4) is 0 Å². The number of hydrogen-bond acceptors (Lipinski definition) is 2. The van der Waals surface area contributed by atoms with Crippen LogP contribution in [0, 0.1) is 16.7 Å². The van der Waals surface area contributed by atoms with Crippen molar-refractivity contribution >= 4 is 0 Å². The maximum absolute atomic E-state index is 8.38. The lowest BCUT2D eigenvalue weighted by atomic mass is 9.93. The maximum Gasteiger partial charge on any atom is 0.0635 e. The summed E-state index contributed by atoms with van der Waals surface area (Å²) in [5.41, 5.74) is 0.482. The van der Waals surface area contributed by atoms with Gasteiger partial charge in [-0.05, 0) is 18.4 Å². The van der Waals surface area contributed by atoms with Gasteiger partial charge in [0.05, 0.1) is 6.07 Å². The van der Waals surface area contributed by atoms with E-state index in [-0.39, 0.29) is 0 Å². The number of likely N-dealkylation sites (tertiary alicyclic amines) is 1. The van der Waals surface area contributed by atoms with Crippen molar-refractivity contribution in [3.8, 4) is 6.07 Å². The summed E-state index contributed by atoms with van der Waals surface area (Å²) in [6.45, 7) is 15.9.